The second-order valence-electron chi connectivity index (χ2n) is 2.15. The molecular weight excluding hydrogens is 228 g/mol. The van der Waals surface area contributed by atoms with Gasteiger partial charge in [0.1, 0.15) is 0 Å². The normalized spacial score (nSPS) is 6.56. The van der Waals surface area contributed by atoms with Gasteiger partial charge in [0, 0.05) is 26.5 Å². The van der Waals surface area contributed by atoms with Crippen molar-refractivity contribution in [3.8, 4) is 0 Å². The van der Waals surface area contributed by atoms with Crippen molar-refractivity contribution < 1.29 is 0 Å². The Hall–Kier alpha value is -1.72. The first-order valence-corrected chi connectivity index (χ1v) is 5.39. The summed E-state index contributed by atoms with van der Waals surface area (Å²) in [5.74, 6) is 0. The SMILES string of the molecule is C.C.CC.CC.Cn1ccnn1.Cn1ccnn1. The highest BCUT2D eigenvalue weighted by atomic mass is 15.4. The second kappa shape index (κ2) is 20.7. The van der Waals surface area contributed by atoms with Crippen molar-refractivity contribution in [2.24, 2.45) is 14.1 Å². The van der Waals surface area contributed by atoms with Gasteiger partial charge >= 0.3 is 0 Å². The van der Waals surface area contributed by atoms with Crippen LogP contribution in [0.3, 0.4) is 0 Å². The van der Waals surface area contributed by atoms with E-state index in [1.807, 2.05) is 41.8 Å². The molecule has 0 amide bonds. The van der Waals surface area contributed by atoms with Crippen molar-refractivity contribution >= 4 is 0 Å². The topological polar surface area (TPSA) is 61.4 Å². The van der Waals surface area contributed by atoms with Crippen molar-refractivity contribution in [1.29, 1.82) is 0 Å². The highest BCUT2D eigenvalue weighted by molar-refractivity contribution is 4.60. The van der Waals surface area contributed by atoms with E-state index in [2.05, 4.69) is 20.6 Å². The number of aryl methyl sites for hydroxylation is 2. The zero-order valence-corrected chi connectivity index (χ0v) is 11.0. The monoisotopic (exact) mass is 258 g/mol. The van der Waals surface area contributed by atoms with Crippen LogP contribution in [0.25, 0.3) is 0 Å². The van der Waals surface area contributed by atoms with Crippen molar-refractivity contribution in [2.45, 2.75) is 42.5 Å². The Morgan fingerprint density at radius 1 is 0.667 bits per heavy atom. The maximum atomic E-state index is 3.58. The summed E-state index contributed by atoms with van der Waals surface area (Å²) in [4.78, 5) is 0. The van der Waals surface area contributed by atoms with Gasteiger partial charge in [-0.15, -0.1) is 10.2 Å². The number of rotatable bonds is 0. The van der Waals surface area contributed by atoms with E-state index in [9.17, 15) is 0 Å². The molecular formula is C12H30N6. The summed E-state index contributed by atoms with van der Waals surface area (Å²) >= 11 is 0. The summed E-state index contributed by atoms with van der Waals surface area (Å²) in [5, 5.41) is 14.2. The Morgan fingerprint density at radius 3 is 1.00 bits per heavy atom. The minimum Gasteiger partial charge on any atom is -0.256 e. The van der Waals surface area contributed by atoms with Crippen LogP contribution in [0, 0.1) is 0 Å². The summed E-state index contributed by atoms with van der Waals surface area (Å²) in [5.41, 5.74) is 0. The second-order valence-corrected chi connectivity index (χ2v) is 2.15. The molecule has 2 heterocycles. The molecule has 6 nitrogen and oxygen atoms in total. The van der Waals surface area contributed by atoms with Gasteiger partial charge in [0.05, 0.1) is 12.4 Å². The fraction of sp³-hybridized carbons (Fsp3) is 0.667. The van der Waals surface area contributed by atoms with Crippen molar-refractivity contribution in [2.75, 3.05) is 0 Å². The van der Waals surface area contributed by atoms with E-state index in [4.69, 9.17) is 0 Å². The average molecular weight is 258 g/mol. The molecule has 0 fully saturated rings. The van der Waals surface area contributed by atoms with Gasteiger partial charge in [0.2, 0.25) is 0 Å². The lowest BCUT2D eigenvalue weighted by Gasteiger charge is -1.74. The third kappa shape index (κ3) is 16.7. The van der Waals surface area contributed by atoms with E-state index < -0.39 is 0 Å². The van der Waals surface area contributed by atoms with Crippen LogP contribution in [0.2, 0.25) is 0 Å². The first kappa shape index (κ1) is 25.2. The quantitative estimate of drug-likeness (QED) is 0.729. The molecule has 0 atom stereocenters. The Bertz CT molecular complexity index is 256. The van der Waals surface area contributed by atoms with E-state index in [1.54, 1.807) is 34.2 Å². The summed E-state index contributed by atoms with van der Waals surface area (Å²) in [6, 6.07) is 0. The zero-order valence-electron chi connectivity index (χ0n) is 11.0. The van der Waals surface area contributed by atoms with Gasteiger partial charge in [-0.25, -0.2) is 0 Å². The third-order valence-electron chi connectivity index (χ3n) is 1.08. The van der Waals surface area contributed by atoms with Crippen LogP contribution >= 0.6 is 0 Å². The van der Waals surface area contributed by atoms with E-state index in [0.717, 1.165) is 0 Å². The molecule has 18 heavy (non-hydrogen) atoms. The number of hydrogen-bond acceptors (Lipinski definition) is 4. The van der Waals surface area contributed by atoms with Crippen LogP contribution in [0.4, 0.5) is 0 Å². The molecule has 0 radical (unpaired) electrons. The van der Waals surface area contributed by atoms with Gasteiger partial charge in [-0.05, 0) is 0 Å². The Labute approximate surface area is 112 Å². The van der Waals surface area contributed by atoms with E-state index >= 15 is 0 Å². The molecule has 108 valence electrons. The van der Waals surface area contributed by atoms with Gasteiger partial charge in [-0.1, -0.05) is 53.0 Å². The van der Waals surface area contributed by atoms with Crippen LogP contribution < -0.4 is 0 Å². The number of hydrogen-bond donors (Lipinski definition) is 0. The zero-order chi connectivity index (χ0) is 12.8. The Balaban J connectivity index is -0.0000000787. The summed E-state index contributed by atoms with van der Waals surface area (Å²) in [7, 11) is 3.65. The van der Waals surface area contributed by atoms with Crippen molar-refractivity contribution in [1.82, 2.24) is 30.0 Å². The molecule has 6 heteroatoms. The molecule has 0 aliphatic carbocycles. The number of nitrogens with zero attached hydrogens (tertiary/aromatic N) is 6. The molecule has 0 saturated carbocycles. The van der Waals surface area contributed by atoms with E-state index in [-0.39, 0.29) is 14.9 Å². The van der Waals surface area contributed by atoms with Crippen LogP contribution in [0.15, 0.2) is 24.8 Å². The number of aromatic nitrogens is 6. The van der Waals surface area contributed by atoms with Crippen LogP contribution in [0.1, 0.15) is 42.5 Å². The predicted molar refractivity (Wildman–Crippen MR) is 78.2 cm³/mol. The molecule has 0 aliphatic rings. The summed E-state index contributed by atoms with van der Waals surface area (Å²) in [6.45, 7) is 8.00. The Kier molecular flexibility index (Phi) is 28.9. The molecule has 0 spiro atoms. The third-order valence-corrected chi connectivity index (χ3v) is 1.08. The predicted octanol–water partition coefficient (Wildman–Crippen LogP) is 2.95. The molecule has 0 unspecified atom stereocenters. The van der Waals surface area contributed by atoms with E-state index in [1.165, 1.54) is 0 Å². The first-order chi connectivity index (χ1) is 7.79. The summed E-state index contributed by atoms with van der Waals surface area (Å²) < 4.78 is 3.28. The van der Waals surface area contributed by atoms with Crippen molar-refractivity contribution in [3.05, 3.63) is 24.8 Å². The molecule has 0 N–H and O–H groups in total. The smallest absolute Gasteiger partial charge is 0.0692 e. The van der Waals surface area contributed by atoms with Crippen LogP contribution in [-0.4, -0.2) is 30.0 Å². The fourth-order valence-electron chi connectivity index (χ4n) is 0.535. The minimum absolute atomic E-state index is 0. The Morgan fingerprint density at radius 2 is 0.944 bits per heavy atom. The fourth-order valence-corrected chi connectivity index (χ4v) is 0.535. The molecule has 0 aliphatic heterocycles. The minimum atomic E-state index is 0. The molecule has 2 rings (SSSR count). The maximum Gasteiger partial charge on any atom is 0.0692 e. The lowest BCUT2D eigenvalue weighted by Crippen LogP contribution is -1.85. The van der Waals surface area contributed by atoms with Gasteiger partial charge in [-0.3, -0.25) is 9.36 Å². The van der Waals surface area contributed by atoms with Gasteiger partial charge in [0.25, 0.3) is 0 Å². The first-order valence-electron chi connectivity index (χ1n) is 5.39. The maximum absolute atomic E-state index is 3.58. The average Bonchev–Trinajstić information content (AvgIpc) is 2.98. The van der Waals surface area contributed by atoms with Gasteiger partial charge in [-0.2, -0.15) is 0 Å². The standard InChI is InChI=1S/2C3H5N3.2C2H6.2CH4/c2*1-6-3-2-4-5-6;2*1-2;;/h2*2-3H,1H3;2*1-2H3;2*1H4. The van der Waals surface area contributed by atoms with Gasteiger partial charge < -0.3 is 0 Å². The highest BCUT2D eigenvalue weighted by Crippen LogP contribution is 1.67. The molecule has 0 bridgehead atoms. The molecule has 2 aromatic heterocycles. The molecule has 0 aromatic carbocycles. The van der Waals surface area contributed by atoms with Crippen LogP contribution in [0.5, 0.6) is 0 Å². The molecule has 2 aromatic rings. The van der Waals surface area contributed by atoms with Crippen molar-refractivity contribution in [3.63, 3.8) is 0 Å². The highest BCUT2D eigenvalue weighted by Gasteiger charge is 1.71. The lowest BCUT2D eigenvalue weighted by molar-refractivity contribution is 0.715. The summed E-state index contributed by atoms with van der Waals surface area (Å²) in [6.07, 6.45) is 6.83. The van der Waals surface area contributed by atoms with Crippen LogP contribution in [-0.2, 0) is 14.1 Å². The lowest BCUT2D eigenvalue weighted by atomic mass is 10.9. The van der Waals surface area contributed by atoms with E-state index in [0.29, 0.717) is 0 Å². The molecule has 0 saturated heterocycles. The largest absolute Gasteiger partial charge is 0.256 e. The van der Waals surface area contributed by atoms with Gasteiger partial charge in [0.15, 0.2) is 0 Å².